The number of nitro benzene ring substituents is 1. The van der Waals surface area contributed by atoms with Gasteiger partial charge < -0.3 is 9.80 Å². The molecule has 1 aromatic heterocycles. The first-order valence-corrected chi connectivity index (χ1v) is 10.9. The van der Waals surface area contributed by atoms with Crippen molar-refractivity contribution in [2.24, 2.45) is 0 Å². The molecule has 0 N–H and O–H groups in total. The van der Waals surface area contributed by atoms with Crippen LogP contribution in [0.3, 0.4) is 0 Å². The highest BCUT2D eigenvalue weighted by Crippen LogP contribution is 2.17. The van der Waals surface area contributed by atoms with Gasteiger partial charge in [0.15, 0.2) is 0 Å². The Morgan fingerprint density at radius 2 is 1.73 bits per heavy atom. The number of amides is 2. The molecule has 3 rings (SSSR count). The largest absolute Gasteiger partial charge is 0.332 e. The Labute approximate surface area is 194 Å². The minimum atomic E-state index is -0.544. The molecule has 0 spiro atoms. The van der Waals surface area contributed by atoms with E-state index < -0.39 is 10.8 Å². The summed E-state index contributed by atoms with van der Waals surface area (Å²) in [5, 5.41) is 12.8. The molecule has 0 bridgehead atoms. The predicted molar refractivity (Wildman–Crippen MR) is 124 cm³/mol. The maximum atomic E-state index is 13.3. The van der Waals surface area contributed by atoms with E-state index in [1.54, 1.807) is 17.0 Å². The lowest BCUT2D eigenvalue weighted by molar-refractivity contribution is -0.384. The molecule has 0 aliphatic heterocycles. The standard InChI is InChI=1S/C24H22FN3O4S/c1-2-13-26(24(30)19-7-11-21(12-8-19)28(31)32)17-23(29)27(16-22-4-3-14-33-22)15-18-5-9-20(25)10-6-18/h2-12,14H,1,13,15-17H2. The molecule has 0 aliphatic carbocycles. The van der Waals surface area contributed by atoms with Gasteiger partial charge in [0, 0.05) is 35.7 Å². The van der Waals surface area contributed by atoms with Crippen molar-refractivity contribution >= 4 is 28.8 Å². The Kier molecular flexibility index (Phi) is 8.04. The molecular formula is C24H22FN3O4S. The van der Waals surface area contributed by atoms with Gasteiger partial charge in [-0.15, -0.1) is 17.9 Å². The smallest absolute Gasteiger partial charge is 0.269 e. The summed E-state index contributed by atoms with van der Waals surface area (Å²) >= 11 is 1.51. The third kappa shape index (κ3) is 6.56. The van der Waals surface area contributed by atoms with Crippen LogP contribution in [0.25, 0.3) is 0 Å². The summed E-state index contributed by atoms with van der Waals surface area (Å²) in [6, 6.07) is 14.9. The van der Waals surface area contributed by atoms with E-state index in [4.69, 9.17) is 0 Å². The molecule has 0 saturated heterocycles. The minimum Gasteiger partial charge on any atom is -0.332 e. The highest BCUT2D eigenvalue weighted by atomic mass is 32.1. The van der Waals surface area contributed by atoms with Crippen molar-refractivity contribution in [2.75, 3.05) is 13.1 Å². The highest BCUT2D eigenvalue weighted by Gasteiger charge is 2.23. The second-order valence-corrected chi connectivity index (χ2v) is 8.27. The monoisotopic (exact) mass is 467 g/mol. The van der Waals surface area contributed by atoms with Crippen molar-refractivity contribution in [1.29, 1.82) is 0 Å². The van der Waals surface area contributed by atoms with Gasteiger partial charge in [0.25, 0.3) is 11.6 Å². The molecule has 0 atom stereocenters. The summed E-state index contributed by atoms with van der Waals surface area (Å²) in [5.74, 6) is -1.08. The van der Waals surface area contributed by atoms with Crippen LogP contribution >= 0.6 is 11.3 Å². The molecule has 1 heterocycles. The van der Waals surface area contributed by atoms with Crippen LogP contribution in [0.4, 0.5) is 10.1 Å². The zero-order valence-corrected chi connectivity index (χ0v) is 18.5. The number of thiophene rings is 1. The SMILES string of the molecule is C=CCN(CC(=O)N(Cc1ccc(F)cc1)Cc1cccs1)C(=O)c1ccc([N+](=O)[O-])cc1. The fourth-order valence-electron chi connectivity index (χ4n) is 3.18. The number of non-ortho nitro benzene ring substituents is 1. The van der Waals surface area contributed by atoms with E-state index >= 15 is 0 Å². The van der Waals surface area contributed by atoms with Crippen LogP contribution in [-0.2, 0) is 17.9 Å². The van der Waals surface area contributed by atoms with Crippen molar-refractivity contribution in [1.82, 2.24) is 9.80 Å². The maximum absolute atomic E-state index is 13.3. The molecule has 33 heavy (non-hydrogen) atoms. The number of benzene rings is 2. The maximum Gasteiger partial charge on any atom is 0.269 e. The molecule has 0 saturated carbocycles. The van der Waals surface area contributed by atoms with E-state index in [0.29, 0.717) is 6.54 Å². The zero-order valence-electron chi connectivity index (χ0n) is 17.7. The number of hydrogen-bond acceptors (Lipinski definition) is 5. The van der Waals surface area contributed by atoms with Crippen LogP contribution in [0.5, 0.6) is 0 Å². The summed E-state index contributed by atoms with van der Waals surface area (Å²) in [4.78, 5) is 40.5. The van der Waals surface area contributed by atoms with Gasteiger partial charge in [0.05, 0.1) is 11.5 Å². The quantitative estimate of drug-likeness (QED) is 0.247. The van der Waals surface area contributed by atoms with Crippen LogP contribution < -0.4 is 0 Å². The molecule has 0 aliphatic rings. The first-order valence-electron chi connectivity index (χ1n) is 10.1. The molecule has 2 aromatic carbocycles. The van der Waals surface area contributed by atoms with Crippen molar-refractivity contribution in [3.63, 3.8) is 0 Å². The lowest BCUT2D eigenvalue weighted by atomic mass is 10.1. The Morgan fingerprint density at radius 1 is 1.03 bits per heavy atom. The van der Waals surface area contributed by atoms with Gasteiger partial charge in [0.1, 0.15) is 12.4 Å². The minimum absolute atomic E-state index is 0.126. The van der Waals surface area contributed by atoms with Gasteiger partial charge in [-0.25, -0.2) is 4.39 Å². The molecular weight excluding hydrogens is 445 g/mol. The van der Waals surface area contributed by atoms with Gasteiger partial charge in [-0.1, -0.05) is 24.3 Å². The summed E-state index contributed by atoms with van der Waals surface area (Å²) in [7, 11) is 0. The van der Waals surface area contributed by atoms with E-state index in [1.165, 1.54) is 58.7 Å². The van der Waals surface area contributed by atoms with Crippen molar-refractivity contribution < 1.29 is 18.9 Å². The molecule has 0 radical (unpaired) electrons. The van der Waals surface area contributed by atoms with E-state index in [-0.39, 0.29) is 42.6 Å². The third-order valence-corrected chi connectivity index (χ3v) is 5.72. The first kappa shape index (κ1) is 23.8. The van der Waals surface area contributed by atoms with E-state index in [9.17, 15) is 24.1 Å². The number of nitro groups is 1. The number of halogens is 1. The fraction of sp³-hybridized carbons (Fsp3) is 0.167. The summed E-state index contributed by atoms with van der Waals surface area (Å²) < 4.78 is 13.3. The lowest BCUT2D eigenvalue weighted by Gasteiger charge is -2.27. The van der Waals surface area contributed by atoms with Gasteiger partial charge >= 0.3 is 0 Å². The van der Waals surface area contributed by atoms with Gasteiger partial charge in [0.2, 0.25) is 5.91 Å². The predicted octanol–water partition coefficient (Wildman–Crippen LogP) is 4.65. The molecule has 2 amide bonds. The van der Waals surface area contributed by atoms with Crippen molar-refractivity contribution in [3.05, 3.63) is 111 Å². The summed E-state index contributed by atoms with van der Waals surface area (Å²) in [6.07, 6.45) is 1.51. The molecule has 9 heteroatoms. The Morgan fingerprint density at radius 3 is 2.30 bits per heavy atom. The van der Waals surface area contributed by atoms with E-state index in [1.807, 2.05) is 17.5 Å². The number of rotatable bonds is 10. The molecule has 0 fully saturated rings. The Balaban J connectivity index is 1.78. The molecule has 170 valence electrons. The molecule has 7 nitrogen and oxygen atoms in total. The van der Waals surface area contributed by atoms with Gasteiger partial charge in [-0.2, -0.15) is 0 Å². The molecule has 0 unspecified atom stereocenters. The number of carbonyl (C=O) groups is 2. The second kappa shape index (κ2) is 11.1. The summed E-state index contributed by atoms with van der Waals surface area (Å²) in [5.41, 5.74) is 0.871. The number of nitrogens with zero attached hydrogens (tertiary/aromatic N) is 3. The van der Waals surface area contributed by atoms with Crippen molar-refractivity contribution in [3.8, 4) is 0 Å². The van der Waals surface area contributed by atoms with Gasteiger partial charge in [-0.3, -0.25) is 19.7 Å². The fourth-order valence-corrected chi connectivity index (χ4v) is 3.90. The average molecular weight is 468 g/mol. The Bertz CT molecular complexity index is 1120. The van der Waals surface area contributed by atoms with Crippen LogP contribution in [0.1, 0.15) is 20.8 Å². The van der Waals surface area contributed by atoms with E-state index in [0.717, 1.165) is 10.4 Å². The van der Waals surface area contributed by atoms with Crippen LogP contribution in [0.15, 0.2) is 78.7 Å². The van der Waals surface area contributed by atoms with Crippen LogP contribution in [0.2, 0.25) is 0 Å². The third-order valence-electron chi connectivity index (χ3n) is 4.85. The topological polar surface area (TPSA) is 83.8 Å². The highest BCUT2D eigenvalue weighted by molar-refractivity contribution is 7.09. The van der Waals surface area contributed by atoms with Crippen molar-refractivity contribution in [2.45, 2.75) is 13.1 Å². The van der Waals surface area contributed by atoms with Crippen LogP contribution in [0, 0.1) is 15.9 Å². The number of carbonyl (C=O) groups excluding carboxylic acids is 2. The van der Waals surface area contributed by atoms with Crippen LogP contribution in [-0.4, -0.2) is 39.6 Å². The second-order valence-electron chi connectivity index (χ2n) is 7.23. The normalized spacial score (nSPS) is 10.5. The average Bonchev–Trinajstić information content (AvgIpc) is 3.32. The van der Waals surface area contributed by atoms with Gasteiger partial charge in [-0.05, 0) is 41.3 Å². The first-order chi connectivity index (χ1) is 15.9. The Hall–Kier alpha value is -3.85. The lowest BCUT2D eigenvalue weighted by Crippen LogP contribution is -2.42. The molecule has 3 aromatic rings. The van der Waals surface area contributed by atoms with E-state index in [2.05, 4.69) is 6.58 Å². The zero-order chi connectivity index (χ0) is 23.8. The number of hydrogen-bond donors (Lipinski definition) is 0. The summed E-state index contributed by atoms with van der Waals surface area (Å²) in [6.45, 7) is 4.19.